The molecule has 9 rings (SSSR count). The number of rotatable bonds is 13. The molecule has 3 amide bonds. The van der Waals surface area contributed by atoms with Gasteiger partial charge >= 0.3 is 0 Å². The van der Waals surface area contributed by atoms with E-state index in [4.69, 9.17) is 28.8 Å². The topological polar surface area (TPSA) is 170 Å². The Morgan fingerprint density at radius 2 is 1.72 bits per heavy atom. The maximum absolute atomic E-state index is 14.4. The number of likely N-dealkylation sites (tertiary alicyclic amines) is 1. The van der Waals surface area contributed by atoms with E-state index in [0.717, 1.165) is 49.8 Å². The maximum Gasteiger partial charge on any atom is 0.255 e. The van der Waals surface area contributed by atoms with Crippen LogP contribution in [-0.2, 0) is 9.59 Å². The SMILES string of the molecule is CC[C@H](C)[C@H](NC(=O)c1c[nH]c2c(-c3c(OCC4CC4)ccc4c3OCO4)ncnc12)C(=O)N1CCC(N2N=C(c3ccc(OC)c(OC)c3)[C@H]3CCCC[C@H]3C2=O)CC1. The number of ether oxygens (including phenoxy) is 5. The zero-order valence-corrected chi connectivity index (χ0v) is 34.7. The van der Waals surface area contributed by atoms with Gasteiger partial charge in [0.2, 0.25) is 18.6 Å². The molecule has 2 saturated carbocycles. The van der Waals surface area contributed by atoms with Crippen molar-refractivity contribution in [1.29, 1.82) is 0 Å². The summed E-state index contributed by atoms with van der Waals surface area (Å²) < 4.78 is 29.0. The van der Waals surface area contributed by atoms with Crippen molar-refractivity contribution in [3.05, 3.63) is 54.0 Å². The number of methoxy groups -OCH3 is 2. The van der Waals surface area contributed by atoms with Crippen LogP contribution in [0.1, 0.15) is 87.6 Å². The number of H-pyrrole nitrogens is 1. The predicted molar refractivity (Wildman–Crippen MR) is 222 cm³/mol. The highest BCUT2D eigenvalue weighted by Crippen LogP contribution is 2.48. The highest BCUT2D eigenvalue weighted by atomic mass is 16.7. The molecular weight excluding hydrogens is 767 g/mol. The van der Waals surface area contributed by atoms with Crippen molar-refractivity contribution in [2.24, 2.45) is 28.8 Å². The van der Waals surface area contributed by atoms with Gasteiger partial charge in [0.05, 0.1) is 49.2 Å². The number of nitrogens with one attached hydrogen (secondary N) is 2. The van der Waals surface area contributed by atoms with E-state index in [1.54, 1.807) is 25.4 Å². The third-order valence-corrected chi connectivity index (χ3v) is 13.1. The molecule has 5 aliphatic rings. The molecule has 0 radical (unpaired) electrons. The second-order valence-corrected chi connectivity index (χ2v) is 16.7. The largest absolute Gasteiger partial charge is 0.493 e. The van der Waals surface area contributed by atoms with Crippen LogP contribution >= 0.6 is 0 Å². The van der Waals surface area contributed by atoms with Gasteiger partial charge in [-0.05, 0) is 80.7 Å². The summed E-state index contributed by atoms with van der Waals surface area (Å²) in [5.74, 6) is 2.80. The lowest BCUT2D eigenvalue weighted by molar-refractivity contribution is -0.143. The second kappa shape index (κ2) is 16.7. The Bertz CT molecular complexity index is 2320. The first-order valence-corrected chi connectivity index (χ1v) is 21.4. The normalized spacial score (nSPS) is 21.3. The molecule has 4 aromatic rings. The number of piperidine rings is 1. The van der Waals surface area contributed by atoms with Gasteiger partial charge in [-0.3, -0.25) is 14.4 Å². The number of amides is 3. The Hall–Kier alpha value is -5.86. The monoisotopic (exact) mass is 819 g/mol. The number of aromatic nitrogens is 3. The summed E-state index contributed by atoms with van der Waals surface area (Å²) in [4.78, 5) is 56.8. The minimum atomic E-state index is -0.773. The lowest BCUT2D eigenvalue weighted by atomic mass is 9.73. The number of nitrogens with zero attached hydrogens (tertiary/aromatic N) is 5. The molecule has 15 nitrogen and oxygen atoms in total. The van der Waals surface area contributed by atoms with Crippen LogP contribution in [0.25, 0.3) is 22.3 Å². The van der Waals surface area contributed by atoms with Crippen molar-refractivity contribution in [2.75, 3.05) is 40.7 Å². The van der Waals surface area contributed by atoms with Gasteiger partial charge in [-0.25, -0.2) is 15.0 Å². The lowest BCUT2D eigenvalue weighted by Crippen LogP contribution is -2.56. The summed E-state index contributed by atoms with van der Waals surface area (Å²) >= 11 is 0. The quantitative estimate of drug-likeness (QED) is 0.155. The second-order valence-electron chi connectivity index (χ2n) is 16.7. The molecule has 5 heterocycles. The molecule has 2 aromatic carbocycles. The van der Waals surface area contributed by atoms with Crippen LogP contribution in [0.5, 0.6) is 28.7 Å². The van der Waals surface area contributed by atoms with Gasteiger partial charge in [-0.2, -0.15) is 5.10 Å². The molecule has 2 aliphatic carbocycles. The van der Waals surface area contributed by atoms with E-state index in [-0.39, 0.29) is 42.4 Å². The fourth-order valence-electron chi connectivity index (χ4n) is 9.21. The van der Waals surface area contributed by atoms with Gasteiger partial charge in [0, 0.05) is 36.7 Å². The number of fused-ring (bicyclic) bond motifs is 3. The Morgan fingerprint density at radius 1 is 0.950 bits per heavy atom. The smallest absolute Gasteiger partial charge is 0.255 e. The summed E-state index contributed by atoms with van der Waals surface area (Å²) in [6, 6.07) is 8.60. The van der Waals surface area contributed by atoms with Crippen LogP contribution < -0.4 is 29.0 Å². The minimum Gasteiger partial charge on any atom is -0.493 e. The minimum absolute atomic E-state index is 0.0449. The van der Waals surface area contributed by atoms with E-state index in [1.165, 1.54) is 6.33 Å². The number of carbonyl (C=O) groups excluding carboxylic acids is 3. The first-order chi connectivity index (χ1) is 29.3. The fraction of sp³-hybridized carbons (Fsp3) is 0.511. The highest BCUT2D eigenvalue weighted by Gasteiger charge is 2.44. The highest BCUT2D eigenvalue weighted by molar-refractivity contribution is 6.09. The summed E-state index contributed by atoms with van der Waals surface area (Å²) in [6.07, 6.45) is 11.0. The number of hydrogen-bond donors (Lipinski definition) is 2. The third-order valence-electron chi connectivity index (χ3n) is 13.1. The average molecular weight is 820 g/mol. The number of hydrogen-bond acceptors (Lipinski definition) is 11. The Kier molecular flexibility index (Phi) is 11.0. The van der Waals surface area contributed by atoms with Gasteiger partial charge in [-0.1, -0.05) is 33.1 Å². The van der Waals surface area contributed by atoms with E-state index in [0.29, 0.717) is 101 Å². The summed E-state index contributed by atoms with van der Waals surface area (Å²) in [6.45, 7) is 5.53. The number of hydrazone groups is 1. The number of aromatic amines is 1. The van der Waals surface area contributed by atoms with Crippen LogP contribution in [-0.4, -0.2) is 101 Å². The molecule has 0 bridgehead atoms. The van der Waals surface area contributed by atoms with Crippen LogP contribution in [0.2, 0.25) is 0 Å². The number of carbonyl (C=O) groups is 3. The zero-order valence-electron chi connectivity index (χ0n) is 34.7. The Morgan fingerprint density at radius 3 is 2.47 bits per heavy atom. The van der Waals surface area contributed by atoms with Crippen molar-refractivity contribution >= 4 is 34.5 Å². The molecular formula is C45H53N7O8. The van der Waals surface area contributed by atoms with Gasteiger partial charge in [-0.15, -0.1) is 0 Å². The molecule has 2 aromatic heterocycles. The van der Waals surface area contributed by atoms with Crippen molar-refractivity contribution in [2.45, 2.75) is 83.7 Å². The standard InChI is InChI=1S/C45H53N7O8/c1-5-25(2)37(49-43(53)31-21-46-41-39(31)47-23-48-40(41)36-33(58-22-26-10-11-26)14-15-34-42(36)60-24-59-34)45(55)51-18-16-28(17-19-51)52-44(54)30-9-7-6-8-29(30)38(50-52)27-12-13-32(56-3)35(20-27)57-4/h12-15,20-21,23,25-26,28-30,37,46H,5-11,16-19,22,24H2,1-4H3,(H,49,53)/t25-,29-,30+,37-/m0/s1. The summed E-state index contributed by atoms with van der Waals surface area (Å²) in [5.41, 5.74) is 4.25. The van der Waals surface area contributed by atoms with Gasteiger partial charge in [0.15, 0.2) is 23.0 Å². The van der Waals surface area contributed by atoms with Crippen molar-refractivity contribution in [1.82, 2.24) is 30.2 Å². The van der Waals surface area contributed by atoms with Gasteiger partial charge in [0.1, 0.15) is 29.3 Å². The van der Waals surface area contributed by atoms with Crippen LogP contribution in [0, 0.1) is 23.7 Å². The van der Waals surface area contributed by atoms with Crippen molar-refractivity contribution in [3.8, 4) is 40.0 Å². The first kappa shape index (κ1) is 39.6. The van der Waals surface area contributed by atoms with Crippen LogP contribution in [0.15, 0.2) is 48.0 Å². The number of benzene rings is 2. The molecule has 3 aliphatic heterocycles. The molecule has 0 unspecified atom stereocenters. The molecule has 15 heteroatoms. The molecule has 0 spiro atoms. The molecule has 1 saturated heterocycles. The molecule has 3 fully saturated rings. The maximum atomic E-state index is 14.4. The Balaban J connectivity index is 0.923. The van der Waals surface area contributed by atoms with E-state index >= 15 is 0 Å². The zero-order chi connectivity index (χ0) is 41.5. The molecule has 60 heavy (non-hydrogen) atoms. The van der Waals surface area contributed by atoms with Gasteiger partial charge < -0.3 is 38.9 Å². The summed E-state index contributed by atoms with van der Waals surface area (Å²) in [7, 11) is 3.23. The summed E-state index contributed by atoms with van der Waals surface area (Å²) in [5, 5.41) is 9.88. The van der Waals surface area contributed by atoms with Crippen LogP contribution in [0.3, 0.4) is 0 Å². The van der Waals surface area contributed by atoms with Gasteiger partial charge in [0.25, 0.3) is 5.91 Å². The predicted octanol–water partition coefficient (Wildman–Crippen LogP) is 6.35. The first-order valence-electron chi connectivity index (χ1n) is 21.4. The Labute approximate surface area is 349 Å². The van der Waals surface area contributed by atoms with E-state index in [1.807, 2.05) is 49.1 Å². The molecule has 4 atom stereocenters. The lowest BCUT2D eigenvalue weighted by Gasteiger charge is -2.44. The molecule has 316 valence electrons. The van der Waals surface area contributed by atoms with Crippen molar-refractivity contribution < 1.29 is 38.1 Å². The van der Waals surface area contributed by atoms with E-state index in [2.05, 4.69) is 20.3 Å². The van der Waals surface area contributed by atoms with E-state index < -0.39 is 11.9 Å². The fourth-order valence-corrected chi connectivity index (χ4v) is 9.21. The molecule has 2 N–H and O–H groups in total. The van der Waals surface area contributed by atoms with E-state index in [9.17, 15) is 14.4 Å². The van der Waals surface area contributed by atoms with Crippen molar-refractivity contribution in [3.63, 3.8) is 0 Å². The third kappa shape index (κ3) is 7.36. The average Bonchev–Trinajstić information content (AvgIpc) is 3.81. The van der Waals surface area contributed by atoms with Crippen LogP contribution in [0.4, 0.5) is 0 Å².